The molecule has 0 aromatic heterocycles. The fourth-order valence-corrected chi connectivity index (χ4v) is 5.59. The molecule has 0 radical (unpaired) electrons. The van der Waals surface area contributed by atoms with Gasteiger partial charge in [-0.1, -0.05) is 51.7 Å². The van der Waals surface area contributed by atoms with E-state index in [1.54, 1.807) is 19.1 Å². The Balaban J connectivity index is 1.76. The summed E-state index contributed by atoms with van der Waals surface area (Å²) in [6.07, 6.45) is 3.97. The predicted molar refractivity (Wildman–Crippen MR) is 148 cm³/mol. The summed E-state index contributed by atoms with van der Waals surface area (Å²) in [6.45, 7) is 12.0. The van der Waals surface area contributed by atoms with Crippen LogP contribution in [0.4, 0.5) is 0 Å². The zero-order valence-electron chi connectivity index (χ0n) is 22.8. The maximum absolute atomic E-state index is 11.5. The molecule has 1 aliphatic carbocycles. The van der Waals surface area contributed by atoms with Gasteiger partial charge in [0.1, 0.15) is 12.1 Å². The molecule has 2 atom stereocenters. The van der Waals surface area contributed by atoms with E-state index < -0.39 is 24.1 Å². The summed E-state index contributed by atoms with van der Waals surface area (Å²) in [5.41, 5.74) is 6.33. The van der Waals surface area contributed by atoms with Crippen LogP contribution in [-0.4, -0.2) is 51.3 Å². The van der Waals surface area contributed by atoms with E-state index in [4.69, 9.17) is 5.11 Å². The number of carboxylic acids is 2. The van der Waals surface area contributed by atoms with Crippen molar-refractivity contribution in [1.82, 2.24) is 4.90 Å². The second kappa shape index (κ2) is 10.4. The van der Waals surface area contributed by atoms with Crippen molar-refractivity contribution in [2.45, 2.75) is 76.9 Å². The number of hydrogen-bond acceptors (Lipinski definition) is 4. The van der Waals surface area contributed by atoms with Crippen LogP contribution < -0.4 is 0 Å². The van der Waals surface area contributed by atoms with E-state index in [1.807, 2.05) is 4.90 Å². The summed E-state index contributed by atoms with van der Waals surface area (Å²) in [4.78, 5) is 24.6. The van der Waals surface area contributed by atoms with Gasteiger partial charge in [0.15, 0.2) is 0 Å². The zero-order chi connectivity index (χ0) is 27.8. The van der Waals surface area contributed by atoms with Crippen LogP contribution in [0.25, 0.3) is 5.57 Å². The lowest BCUT2D eigenvalue weighted by molar-refractivity contribution is -0.142. The van der Waals surface area contributed by atoms with Crippen molar-refractivity contribution in [3.05, 3.63) is 75.9 Å². The monoisotopic (exact) mass is 515 g/mol. The molecule has 0 fully saturated rings. The van der Waals surface area contributed by atoms with Crippen LogP contribution in [0.5, 0.6) is 0 Å². The Labute approximate surface area is 225 Å². The van der Waals surface area contributed by atoms with Crippen molar-refractivity contribution in [3.63, 3.8) is 0 Å². The van der Waals surface area contributed by atoms with Gasteiger partial charge in [-0.05, 0) is 95.2 Å². The molecule has 2 aliphatic rings. The van der Waals surface area contributed by atoms with Crippen LogP contribution >= 0.6 is 0 Å². The number of carboxylic acid groups (broad SMARTS) is 2. The zero-order valence-corrected chi connectivity index (χ0v) is 22.8. The van der Waals surface area contributed by atoms with Gasteiger partial charge in [-0.3, -0.25) is 9.69 Å². The van der Waals surface area contributed by atoms with Gasteiger partial charge < -0.3 is 15.3 Å². The molecule has 0 saturated carbocycles. The van der Waals surface area contributed by atoms with Gasteiger partial charge >= 0.3 is 11.9 Å². The summed E-state index contributed by atoms with van der Waals surface area (Å²) >= 11 is 0. The number of rotatable bonds is 5. The van der Waals surface area contributed by atoms with Crippen molar-refractivity contribution in [3.8, 4) is 11.8 Å². The smallest absolute Gasteiger partial charge is 0.335 e. The number of aromatic carboxylic acids is 1. The average Bonchev–Trinajstić information content (AvgIpc) is 2.89. The molecule has 0 spiro atoms. The molecule has 200 valence electrons. The number of benzene rings is 2. The Kier molecular flexibility index (Phi) is 7.56. The first-order chi connectivity index (χ1) is 17.8. The van der Waals surface area contributed by atoms with E-state index in [2.05, 4.69) is 57.7 Å². The van der Waals surface area contributed by atoms with Crippen molar-refractivity contribution in [1.29, 1.82) is 0 Å². The first-order valence-electron chi connectivity index (χ1n) is 13.2. The molecule has 1 aliphatic heterocycles. The maximum Gasteiger partial charge on any atom is 0.335 e. The lowest BCUT2D eigenvalue weighted by Crippen LogP contribution is -2.41. The highest BCUT2D eigenvalue weighted by atomic mass is 16.4. The van der Waals surface area contributed by atoms with Gasteiger partial charge in [0.05, 0.1) is 5.56 Å². The molecule has 2 aromatic carbocycles. The van der Waals surface area contributed by atoms with Crippen LogP contribution in [0.3, 0.4) is 0 Å². The Morgan fingerprint density at radius 2 is 1.66 bits per heavy atom. The van der Waals surface area contributed by atoms with E-state index in [0.29, 0.717) is 18.7 Å². The predicted octanol–water partition coefficient (Wildman–Crippen LogP) is 5.38. The summed E-state index contributed by atoms with van der Waals surface area (Å²) < 4.78 is 0. The summed E-state index contributed by atoms with van der Waals surface area (Å²) in [6, 6.07) is 9.93. The van der Waals surface area contributed by atoms with Crippen LogP contribution in [0.15, 0.2) is 42.5 Å². The second-order valence-corrected chi connectivity index (χ2v) is 11.8. The Morgan fingerprint density at radius 1 is 1.00 bits per heavy atom. The third kappa shape index (κ3) is 5.55. The SMILES string of the molecule is CC(C(=O)O)N1CC=C(c2cc(C(O)C#Cc3ccc(C(=O)O)cc3)cc3c2C(C)(C)CCC3(C)C)CC1. The molecule has 6 heteroatoms. The first kappa shape index (κ1) is 27.6. The minimum Gasteiger partial charge on any atom is -0.480 e. The summed E-state index contributed by atoms with van der Waals surface area (Å²) in [7, 11) is 0. The third-order valence-electron chi connectivity index (χ3n) is 8.23. The highest BCUT2D eigenvalue weighted by Crippen LogP contribution is 2.49. The molecule has 0 saturated heterocycles. The van der Waals surface area contributed by atoms with E-state index in [-0.39, 0.29) is 16.4 Å². The largest absolute Gasteiger partial charge is 0.480 e. The van der Waals surface area contributed by atoms with E-state index in [0.717, 1.165) is 30.4 Å². The van der Waals surface area contributed by atoms with E-state index >= 15 is 0 Å². The molecule has 3 N–H and O–H groups in total. The molecular formula is C32H37NO5. The van der Waals surface area contributed by atoms with Crippen molar-refractivity contribution < 1.29 is 24.9 Å². The summed E-state index contributed by atoms with van der Waals surface area (Å²) in [5, 5.41) is 29.7. The number of nitrogens with zero attached hydrogens (tertiary/aromatic N) is 1. The molecule has 2 unspecified atom stereocenters. The molecule has 4 rings (SSSR count). The van der Waals surface area contributed by atoms with Crippen LogP contribution in [0.2, 0.25) is 0 Å². The van der Waals surface area contributed by atoms with Crippen molar-refractivity contribution >= 4 is 17.5 Å². The average molecular weight is 516 g/mol. The van der Waals surface area contributed by atoms with Gasteiger partial charge in [0.2, 0.25) is 0 Å². The van der Waals surface area contributed by atoms with E-state index in [1.165, 1.54) is 28.8 Å². The number of aliphatic hydroxyl groups excluding tert-OH is 1. The van der Waals surface area contributed by atoms with Gasteiger partial charge in [0.25, 0.3) is 0 Å². The van der Waals surface area contributed by atoms with Crippen molar-refractivity contribution in [2.75, 3.05) is 13.1 Å². The van der Waals surface area contributed by atoms with E-state index in [9.17, 15) is 19.8 Å². The van der Waals surface area contributed by atoms with Gasteiger partial charge in [-0.15, -0.1) is 0 Å². The Bertz CT molecular complexity index is 1340. The number of aliphatic hydroxyl groups is 1. The minimum atomic E-state index is -1.01. The van der Waals surface area contributed by atoms with Crippen molar-refractivity contribution in [2.24, 2.45) is 0 Å². The number of carbonyl (C=O) groups is 2. The maximum atomic E-state index is 11.5. The highest BCUT2D eigenvalue weighted by molar-refractivity contribution is 5.87. The molecule has 38 heavy (non-hydrogen) atoms. The normalized spacial score (nSPS) is 19.8. The second-order valence-electron chi connectivity index (χ2n) is 11.8. The third-order valence-corrected chi connectivity index (χ3v) is 8.23. The van der Waals surface area contributed by atoms with Gasteiger partial charge in [0, 0.05) is 18.7 Å². The molecular weight excluding hydrogens is 478 g/mol. The molecule has 0 amide bonds. The fourth-order valence-electron chi connectivity index (χ4n) is 5.59. The van der Waals surface area contributed by atoms with Crippen LogP contribution in [0, 0.1) is 11.8 Å². The number of fused-ring (bicyclic) bond motifs is 1. The number of aliphatic carboxylic acids is 1. The first-order valence-corrected chi connectivity index (χ1v) is 13.2. The standard InChI is InChI=1S/C32H37NO5/c1-20(29(35)36)33-16-12-22(13-17-33)25-18-24(19-26-28(25)32(4,5)15-14-31(26,2)3)27(34)11-8-21-6-9-23(10-7-21)30(37)38/h6-7,9-10,12,18-20,27,34H,13-17H2,1-5H3,(H,35,36)(H,37,38). The topological polar surface area (TPSA) is 98.1 Å². The highest BCUT2D eigenvalue weighted by Gasteiger charge is 2.40. The van der Waals surface area contributed by atoms with Gasteiger partial charge in [-0.25, -0.2) is 4.79 Å². The molecule has 1 heterocycles. The quantitative estimate of drug-likeness (QED) is 0.463. The molecule has 6 nitrogen and oxygen atoms in total. The van der Waals surface area contributed by atoms with Crippen LogP contribution in [-0.2, 0) is 15.6 Å². The Morgan fingerprint density at radius 3 is 2.24 bits per heavy atom. The lowest BCUT2D eigenvalue weighted by Gasteiger charge is -2.44. The fraction of sp³-hybridized carbons (Fsp3) is 0.438. The Hall–Kier alpha value is -3.40. The number of hydrogen-bond donors (Lipinski definition) is 3. The molecule has 2 aromatic rings. The van der Waals surface area contributed by atoms with Gasteiger partial charge in [-0.2, -0.15) is 0 Å². The molecule has 0 bridgehead atoms. The van der Waals surface area contributed by atoms with Crippen LogP contribution in [0.1, 0.15) is 98.2 Å². The lowest BCUT2D eigenvalue weighted by atomic mass is 9.61. The summed E-state index contributed by atoms with van der Waals surface area (Å²) in [5.74, 6) is 4.12. The minimum absolute atomic E-state index is 0.0342.